The highest BCUT2D eigenvalue weighted by atomic mass is 32.2. The molecule has 9 heteroatoms. The predicted octanol–water partition coefficient (Wildman–Crippen LogP) is 5.53. The summed E-state index contributed by atoms with van der Waals surface area (Å²) in [5, 5.41) is 31.4. The molecule has 2 heterocycles. The molecule has 2 N–H and O–H groups in total. The molecule has 0 aliphatic carbocycles. The second-order valence-corrected chi connectivity index (χ2v) is 7.83. The highest BCUT2D eigenvalue weighted by Crippen LogP contribution is 2.40. The van der Waals surface area contributed by atoms with Gasteiger partial charge in [-0.3, -0.25) is 10.1 Å². The van der Waals surface area contributed by atoms with Gasteiger partial charge in [-0.15, -0.1) is 11.8 Å². The molecule has 4 rings (SSSR count). The number of nitrogen functional groups attached to an aromatic ring is 1. The first-order valence-corrected chi connectivity index (χ1v) is 10.7. The third-order valence-electron chi connectivity index (χ3n) is 4.85. The van der Waals surface area contributed by atoms with Crippen molar-refractivity contribution in [2.24, 2.45) is 0 Å². The van der Waals surface area contributed by atoms with E-state index in [1.54, 1.807) is 30.3 Å². The fourth-order valence-corrected chi connectivity index (χ4v) is 4.28. The maximum Gasteiger partial charge on any atom is 0.280 e. The summed E-state index contributed by atoms with van der Waals surface area (Å²) in [6.07, 6.45) is 0. The van der Waals surface area contributed by atoms with E-state index in [-0.39, 0.29) is 45.3 Å². The molecule has 0 bridgehead atoms. The molecule has 2 aromatic heterocycles. The highest BCUT2D eigenvalue weighted by Gasteiger charge is 2.24. The van der Waals surface area contributed by atoms with Gasteiger partial charge in [-0.2, -0.15) is 10.5 Å². The molecule has 8 nitrogen and oxygen atoms in total. The lowest BCUT2D eigenvalue weighted by molar-refractivity contribution is -0.384. The van der Waals surface area contributed by atoms with Crippen molar-refractivity contribution in [3.05, 3.63) is 93.5 Å². The Morgan fingerprint density at radius 2 is 1.64 bits per heavy atom. The zero-order chi connectivity index (χ0) is 23.4. The van der Waals surface area contributed by atoms with E-state index < -0.39 is 4.92 Å². The topological polar surface area (TPSA) is 143 Å². The van der Waals surface area contributed by atoms with Crippen LogP contribution in [0, 0.1) is 32.8 Å². The van der Waals surface area contributed by atoms with Crippen LogP contribution in [0.2, 0.25) is 0 Å². The number of nitrogens with two attached hydrogens (primary N) is 1. The second-order valence-electron chi connectivity index (χ2n) is 6.86. The van der Waals surface area contributed by atoms with E-state index in [0.29, 0.717) is 10.8 Å². The molecule has 0 aliphatic rings. The predicted molar refractivity (Wildman–Crippen MR) is 124 cm³/mol. The van der Waals surface area contributed by atoms with Crippen LogP contribution in [0.1, 0.15) is 16.7 Å². The van der Waals surface area contributed by atoms with Gasteiger partial charge in [0.05, 0.1) is 21.6 Å². The molecule has 0 saturated heterocycles. The van der Waals surface area contributed by atoms with Crippen LogP contribution >= 0.6 is 11.8 Å². The summed E-state index contributed by atoms with van der Waals surface area (Å²) in [4.78, 5) is 15.2. The van der Waals surface area contributed by atoms with Crippen LogP contribution in [0.5, 0.6) is 0 Å². The van der Waals surface area contributed by atoms with Crippen molar-refractivity contribution < 1.29 is 9.34 Å². The van der Waals surface area contributed by atoms with Gasteiger partial charge in [0.2, 0.25) is 0 Å². The maximum atomic E-state index is 11.4. The Kier molecular flexibility index (Phi) is 6.07. The van der Waals surface area contributed by atoms with Gasteiger partial charge in [-0.05, 0) is 23.8 Å². The van der Waals surface area contributed by atoms with Crippen molar-refractivity contribution >= 4 is 23.3 Å². The average molecular weight is 453 g/mol. The Labute approximate surface area is 193 Å². The number of nitro benzene ring substituents is 1. The van der Waals surface area contributed by atoms with Crippen LogP contribution in [0.25, 0.3) is 22.6 Å². The third kappa shape index (κ3) is 4.26. The molecule has 0 fully saturated rings. The zero-order valence-corrected chi connectivity index (χ0v) is 17.9. The van der Waals surface area contributed by atoms with E-state index in [1.165, 1.54) is 17.8 Å². The lowest BCUT2D eigenvalue weighted by Crippen LogP contribution is -2.03. The molecule has 0 aliphatic heterocycles. The number of thioether (sulfide) groups is 1. The Morgan fingerprint density at radius 3 is 2.33 bits per heavy atom. The summed E-state index contributed by atoms with van der Waals surface area (Å²) in [7, 11) is 0. The van der Waals surface area contributed by atoms with E-state index in [0.717, 1.165) is 5.56 Å². The molecule has 33 heavy (non-hydrogen) atoms. The number of para-hydroxylation sites is 1. The Morgan fingerprint density at radius 1 is 0.970 bits per heavy atom. The number of aromatic nitrogens is 1. The van der Waals surface area contributed by atoms with Gasteiger partial charge in [0.1, 0.15) is 40.1 Å². The summed E-state index contributed by atoms with van der Waals surface area (Å²) >= 11 is 1.32. The van der Waals surface area contributed by atoms with E-state index in [1.807, 2.05) is 36.4 Å². The Hall–Kier alpha value is -4.60. The number of rotatable bonds is 6. The smallest absolute Gasteiger partial charge is 0.280 e. The van der Waals surface area contributed by atoms with Crippen LogP contribution in [-0.4, -0.2) is 9.91 Å². The van der Waals surface area contributed by atoms with Gasteiger partial charge in [-0.1, -0.05) is 42.5 Å². The first kappa shape index (κ1) is 21.6. The lowest BCUT2D eigenvalue weighted by Gasteiger charge is -2.11. The molecule has 0 radical (unpaired) electrons. The van der Waals surface area contributed by atoms with E-state index in [4.69, 9.17) is 10.2 Å². The first-order chi connectivity index (χ1) is 16.0. The van der Waals surface area contributed by atoms with Crippen LogP contribution in [0.4, 0.5) is 11.5 Å². The SMILES string of the molecule is N#Cc1c(N)nc(SCc2ccccc2)c(C#N)c1-c1ccc(-c2ccccc2[N+](=O)[O-])o1. The maximum absolute atomic E-state index is 11.4. The minimum Gasteiger partial charge on any atom is -0.456 e. The molecule has 2 aromatic carbocycles. The van der Waals surface area contributed by atoms with E-state index in [2.05, 4.69) is 11.1 Å². The third-order valence-corrected chi connectivity index (χ3v) is 5.90. The fraction of sp³-hybridized carbons (Fsp3) is 0.0417. The standard InChI is InChI=1S/C24H15N5O3S/c25-12-17-22(21-11-10-20(32-21)16-8-4-5-9-19(16)29(30)31)18(13-26)24(28-23(17)27)33-14-15-6-2-1-3-7-15/h1-11H,14H2,(H2,27,28). The van der Waals surface area contributed by atoms with Crippen molar-refractivity contribution in [3.63, 3.8) is 0 Å². The summed E-state index contributed by atoms with van der Waals surface area (Å²) in [5.74, 6) is 0.962. The molecule has 0 spiro atoms. The average Bonchev–Trinajstić information content (AvgIpc) is 3.32. The monoisotopic (exact) mass is 453 g/mol. The Balaban J connectivity index is 1.81. The van der Waals surface area contributed by atoms with Crippen molar-refractivity contribution in [2.75, 3.05) is 5.73 Å². The number of nitrogens with zero attached hydrogens (tertiary/aromatic N) is 4. The quantitative estimate of drug-likeness (QED) is 0.228. The van der Waals surface area contributed by atoms with Crippen LogP contribution in [0.3, 0.4) is 0 Å². The summed E-state index contributed by atoms with van der Waals surface area (Å²) < 4.78 is 5.91. The molecule has 160 valence electrons. The number of nitro groups is 1. The van der Waals surface area contributed by atoms with Crippen molar-refractivity contribution in [1.82, 2.24) is 4.98 Å². The van der Waals surface area contributed by atoms with Gasteiger partial charge in [0.25, 0.3) is 5.69 Å². The summed E-state index contributed by atoms with van der Waals surface area (Å²) in [6, 6.07) is 23.1. The van der Waals surface area contributed by atoms with Gasteiger partial charge >= 0.3 is 0 Å². The molecular weight excluding hydrogens is 438 g/mol. The van der Waals surface area contributed by atoms with Gasteiger partial charge < -0.3 is 10.2 Å². The zero-order valence-electron chi connectivity index (χ0n) is 17.1. The summed E-state index contributed by atoms with van der Waals surface area (Å²) in [6.45, 7) is 0. The number of furan rings is 1. The number of hydrogen-bond acceptors (Lipinski definition) is 8. The van der Waals surface area contributed by atoms with Gasteiger partial charge in [0, 0.05) is 11.8 Å². The van der Waals surface area contributed by atoms with Crippen molar-refractivity contribution in [3.8, 4) is 34.8 Å². The molecular formula is C24H15N5O3S. The van der Waals surface area contributed by atoms with Crippen molar-refractivity contribution in [1.29, 1.82) is 10.5 Å². The minimum atomic E-state index is -0.498. The number of pyridine rings is 1. The first-order valence-electron chi connectivity index (χ1n) is 9.68. The fourth-order valence-electron chi connectivity index (χ4n) is 3.33. The molecule has 0 atom stereocenters. The number of anilines is 1. The normalized spacial score (nSPS) is 10.4. The van der Waals surface area contributed by atoms with Crippen molar-refractivity contribution in [2.45, 2.75) is 10.8 Å². The number of hydrogen-bond donors (Lipinski definition) is 1. The minimum absolute atomic E-state index is 0.0130. The van der Waals surface area contributed by atoms with Crippen LogP contribution < -0.4 is 5.73 Å². The van der Waals surface area contributed by atoms with Gasteiger partial charge in [-0.25, -0.2) is 4.98 Å². The largest absolute Gasteiger partial charge is 0.456 e. The lowest BCUT2D eigenvalue weighted by atomic mass is 10.0. The van der Waals surface area contributed by atoms with Crippen LogP contribution in [-0.2, 0) is 5.75 Å². The highest BCUT2D eigenvalue weighted by molar-refractivity contribution is 7.98. The number of benzene rings is 2. The Bertz CT molecular complexity index is 1430. The molecule has 0 saturated carbocycles. The van der Waals surface area contributed by atoms with E-state index in [9.17, 15) is 20.6 Å². The second kappa shape index (κ2) is 9.27. The number of nitriles is 2. The molecule has 4 aromatic rings. The van der Waals surface area contributed by atoms with Crippen LogP contribution in [0.15, 0.2) is 76.2 Å². The van der Waals surface area contributed by atoms with E-state index >= 15 is 0 Å². The summed E-state index contributed by atoms with van der Waals surface area (Å²) in [5.41, 5.74) is 7.65. The molecule has 0 amide bonds. The molecule has 0 unspecified atom stereocenters. The van der Waals surface area contributed by atoms with Gasteiger partial charge in [0.15, 0.2) is 0 Å².